The van der Waals surface area contributed by atoms with E-state index >= 15 is 0 Å². The standard InChI is InChI=1S/C24H23BrN6O3/c1-34-21-6-5-16(25)12-19(21)29-24(33)28-18-3-2-4-20-17(18)8-10-31(20)14-15-7-9-27-22(11-15)30-23(32)13-26/h2-12H,13-14,26H2,1H3,(H,27,30,32)(H2,28,29,33). The van der Waals surface area contributed by atoms with Crippen molar-refractivity contribution in [2.45, 2.75) is 6.54 Å². The molecule has 0 saturated carbocycles. The van der Waals surface area contributed by atoms with E-state index in [4.69, 9.17) is 10.5 Å². The lowest BCUT2D eigenvalue weighted by molar-refractivity contribution is -0.114. The smallest absolute Gasteiger partial charge is 0.323 e. The minimum Gasteiger partial charge on any atom is -0.495 e. The Balaban J connectivity index is 1.52. The van der Waals surface area contributed by atoms with Gasteiger partial charge in [0.15, 0.2) is 0 Å². The number of benzene rings is 2. The van der Waals surface area contributed by atoms with Gasteiger partial charge in [0, 0.05) is 28.8 Å². The molecule has 0 aliphatic rings. The number of nitrogens with zero attached hydrogens (tertiary/aromatic N) is 2. The summed E-state index contributed by atoms with van der Waals surface area (Å²) in [5.74, 6) is 0.707. The maximum Gasteiger partial charge on any atom is 0.323 e. The van der Waals surface area contributed by atoms with Crippen LogP contribution in [0.5, 0.6) is 5.75 Å². The minimum atomic E-state index is -0.383. The van der Waals surface area contributed by atoms with E-state index in [1.165, 1.54) is 0 Å². The number of nitrogens with one attached hydrogen (secondary N) is 3. The van der Waals surface area contributed by atoms with Crippen molar-refractivity contribution in [3.8, 4) is 5.75 Å². The first-order valence-electron chi connectivity index (χ1n) is 10.4. The van der Waals surface area contributed by atoms with E-state index in [1.54, 1.807) is 31.5 Å². The van der Waals surface area contributed by atoms with Gasteiger partial charge in [0.25, 0.3) is 0 Å². The Kier molecular flexibility index (Phi) is 7.09. The summed E-state index contributed by atoms with van der Waals surface area (Å²) < 4.78 is 8.20. The molecule has 10 heteroatoms. The van der Waals surface area contributed by atoms with Gasteiger partial charge in [-0.25, -0.2) is 9.78 Å². The summed E-state index contributed by atoms with van der Waals surface area (Å²) in [6, 6.07) is 16.3. The number of halogens is 1. The lowest BCUT2D eigenvalue weighted by Gasteiger charge is -2.13. The topological polar surface area (TPSA) is 123 Å². The summed E-state index contributed by atoms with van der Waals surface area (Å²) in [6.07, 6.45) is 3.59. The van der Waals surface area contributed by atoms with Crippen LogP contribution in [0.1, 0.15) is 5.56 Å². The Labute approximate surface area is 204 Å². The number of carbonyl (C=O) groups excluding carboxylic acids is 2. The number of hydrogen-bond acceptors (Lipinski definition) is 5. The average Bonchev–Trinajstić information content (AvgIpc) is 3.23. The minimum absolute atomic E-state index is 0.105. The number of carbonyl (C=O) groups is 2. The van der Waals surface area contributed by atoms with Gasteiger partial charge in [-0.1, -0.05) is 22.0 Å². The predicted octanol–water partition coefficient (Wildman–Crippen LogP) is 4.40. The van der Waals surface area contributed by atoms with Gasteiger partial charge >= 0.3 is 6.03 Å². The monoisotopic (exact) mass is 522 g/mol. The largest absolute Gasteiger partial charge is 0.495 e. The SMILES string of the molecule is COc1ccc(Br)cc1NC(=O)Nc1cccc2c1ccn2Cc1ccnc(NC(=O)CN)c1. The van der Waals surface area contributed by atoms with Crippen LogP contribution < -0.4 is 26.4 Å². The van der Waals surface area contributed by atoms with Gasteiger partial charge < -0.3 is 31.0 Å². The zero-order valence-corrected chi connectivity index (χ0v) is 19.9. The maximum absolute atomic E-state index is 12.7. The number of ether oxygens (including phenoxy) is 1. The van der Waals surface area contributed by atoms with Crippen LogP contribution in [0, 0.1) is 0 Å². The molecule has 2 heterocycles. The number of aromatic nitrogens is 2. The lowest BCUT2D eigenvalue weighted by atomic mass is 10.2. The predicted molar refractivity (Wildman–Crippen MR) is 136 cm³/mol. The van der Waals surface area contributed by atoms with E-state index in [1.807, 2.05) is 42.6 Å². The summed E-state index contributed by atoms with van der Waals surface area (Å²) >= 11 is 3.40. The Morgan fingerprint density at radius 2 is 1.88 bits per heavy atom. The van der Waals surface area contributed by atoms with Crippen LogP contribution in [0.15, 0.2) is 71.5 Å². The molecule has 9 nitrogen and oxygen atoms in total. The van der Waals surface area contributed by atoms with Gasteiger partial charge in [-0.15, -0.1) is 0 Å². The molecule has 0 atom stereocenters. The van der Waals surface area contributed by atoms with Crippen LogP contribution >= 0.6 is 15.9 Å². The second-order valence-corrected chi connectivity index (χ2v) is 8.32. The van der Waals surface area contributed by atoms with E-state index < -0.39 is 0 Å². The van der Waals surface area contributed by atoms with Crippen LogP contribution in [-0.2, 0) is 11.3 Å². The van der Waals surface area contributed by atoms with Crippen molar-refractivity contribution in [1.29, 1.82) is 0 Å². The van der Waals surface area contributed by atoms with Crippen LogP contribution in [0.25, 0.3) is 10.9 Å². The van der Waals surface area contributed by atoms with Crippen molar-refractivity contribution >= 4 is 56.0 Å². The molecule has 2 aromatic heterocycles. The highest BCUT2D eigenvalue weighted by atomic mass is 79.9. The molecule has 174 valence electrons. The van der Waals surface area contributed by atoms with E-state index in [-0.39, 0.29) is 18.5 Å². The molecule has 0 fully saturated rings. The molecular weight excluding hydrogens is 500 g/mol. The molecule has 0 unspecified atom stereocenters. The van der Waals surface area contributed by atoms with Crippen LogP contribution in [0.3, 0.4) is 0 Å². The van der Waals surface area contributed by atoms with E-state index in [9.17, 15) is 9.59 Å². The number of amides is 3. The van der Waals surface area contributed by atoms with Gasteiger partial charge in [-0.3, -0.25) is 4.79 Å². The highest BCUT2D eigenvalue weighted by Gasteiger charge is 2.12. The number of fused-ring (bicyclic) bond motifs is 1. The summed E-state index contributed by atoms with van der Waals surface area (Å²) in [7, 11) is 1.55. The highest BCUT2D eigenvalue weighted by Crippen LogP contribution is 2.29. The Morgan fingerprint density at radius 3 is 2.68 bits per heavy atom. The number of methoxy groups -OCH3 is 1. The van der Waals surface area contributed by atoms with E-state index in [0.29, 0.717) is 29.5 Å². The number of hydrogen-bond donors (Lipinski definition) is 4. The molecule has 4 rings (SSSR count). The van der Waals surface area contributed by atoms with Crippen molar-refractivity contribution in [3.05, 3.63) is 77.0 Å². The van der Waals surface area contributed by atoms with Crippen molar-refractivity contribution in [2.24, 2.45) is 5.73 Å². The molecule has 2 aromatic carbocycles. The second kappa shape index (κ2) is 10.4. The normalized spacial score (nSPS) is 10.7. The van der Waals surface area contributed by atoms with Gasteiger partial charge in [-0.2, -0.15) is 0 Å². The zero-order valence-electron chi connectivity index (χ0n) is 18.3. The van der Waals surface area contributed by atoms with Gasteiger partial charge in [0.2, 0.25) is 5.91 Å². The van der Waals surface area contributed by atoms with E-state index in [2.05, 4.69) is 41.4 Å². The fourth-order valence-electron chi connectivity index (χ4n) is 3.56. The Bertz CT molecular complexity index is 1350. The third kappa shape index (κ3) is 5.36. The second-order valence-electron chi connectivity index (χ2n) is 7.41. The lowest BCUT2D eigenvalue weighted by Crippen LogP contribution is -2.22. The van der Waals surface area contributed by atoms with Crippen LogP contribution in [-0.4, -0.2) is 35.1 Å². The van der Waals surface area contributed by atoms with Crippen LogP contribution in [0.4, 0.5) is 22.0 Å². The first kappa shape index (κ1) is 23.3. The molecule has 34 heavy (non-hydrogen) atoms. The van der Waals surface area contributed by atoms with Gasteiger partial charge in [0.05, 0.1) is 30.5 Å². The Morgan fingerprint density at radius 1 is 1.06 bits per heavy atom. The number of nitrogens with two attached hydrogens (primary N) is 1. The molecule has 0 bridgehead atoms. The Hall–Kier alpha value is -3.89. The molecular formula is C24H23BrN6O3. The molecule has 0 aliphatic carbocycles. The molecule has 0 spiro atoms. The first-order valence-corrected chi connectivity index (χ1v) is 11.2. The zero-order chi connectivity index (χ0) is 24.1. The van der Waals surface area contributed by atoms with Crippen molar-refractivity contribution in [3.63, 3.8) is 0 Å². The third-order valence-electron chi connectivity index (χ3n) is 5.10. The summed E-state index contributed by atoms with van der Waals surface area (Å²) in [5, 5.41) is 9.29. The highest BCUT2D eigenvalue weighted by molar-refractivity contribution is 9.10. The molecule has 3 amide bonds. The van der Waals surface area contributed by atoms with Crippen molar-refractivity contribution < 1.29 is 14.3 Å². The summed E-state index contributed by atoms with van der Waals surface area (Å²) in [4.78, 5) is 28.4. The van der Waals surface area contributed by atoms with Gasteiger partial charge in [-0.05, 0) is 54.1 Å². The molecule has 5 N–H and O–H groups in total. The van der Waals surface area contributed by atoms with Crippen LogP contribution in [0.2, 0.25) is 0 Å². The fraction of sp³-hybridized carbons (Fsp3) is 0.125. The molecule has 4 aromatic rings. The van der Waals surface area contributed by atoms with Crippen molar-refractivity contribution in [1.82, 2.24) is 9.55 Å². The molecule has 0 aliphatic heterocycles. The maximum atomic E-state index is 12.7. The average molecular weight is 523 g/mol. The van der Waals surface area contributed by atoms with Crippen molar-refractivity contribution in [2.75, 3.05) is 29.6 Å². The molecule has 0 saturated heterocycles. The third-order valence-corrected chi connectivity index (χ3v) is 5.60. The first-order chi connectivity index (χ1) is 16.5. The number of pyridine rings is 1. The summed E-state index contributed by atoms with van der Waals surface area (Å²) in [6.45, 7) is 0.453. The fourth-order valence-corrected chi connectivity index (χ4v) is 3.92. The number of rotatable bonds is 7. The van der Waals surface area contributed by atoms with Gasteiger partial charge in [0.1, 0.15) is 11.6 Å². The molecule has 0 radical (unpaired) electrons. The number of anilines is 3. The number of urea groups is 1. The quantitative estimate of drug-likeness (QED) is 0.286. The summed E-state index contributed by atoms with van der Waals surface area (Å²) in [5.41, 5.74) is 8.48. The van der Waals surface area contributed by atoms with E-state index in [0.717, 1.165) is 20.9 Å².